The van der Waals surface area contributed by atoms with Gasteiger partial charge in [0.25, 0.3) is 0 Å². The predicted molar refractivity (Wildman–Crippen MR) is 131 cm³/mol. The number of aromatic nitrogens is 1. The average Bonchev–Trinajstić information content (AvgIpc) is 3.35. The monoisotopic (exact) mass is 435 g/mol. The van der Waals surface area contributed by atoms with Crippen molar-refractivity contribution in [3.05, 3.63) is 54.7 Å². The second-order valence-corrected chi connectivity index (χ2v) is 9.70. The molecule has 5 nitrogen and oxygen atoms in total. The second kappa shape index (κ2) is 9.23. The lowest BCUT2D eigenvalue weighted by Crippen LogP contribution is -2.58. The van der Waals surface area contributed by atoms with Crippen molar-refractivity contribution < 1.29 is 0 Å². The first-order valence-electron chi connectivity index (χ1n) is 11.7. The lowest BCUT2D eigenvalue weighted by Gasteiger charge is -2.52. The number of hydrogen-bond donors (Lipinski definition) is 3. The minimum Gasteiger partial charge on any atom is -0.361 e. The number of nitrogens with zero attached hydrogens (tertiary/aromatic N) is 2. The van der Waals surface area contributed by atoms with Crippen molar-refractivity contribution >= 4 is 28.2 Å². The SMILES string of the molecule is C=CC1CN2CCC1C[C@H]2C(NC(=S)NC[C@H]1CCCN1)c1ccnc2ccccc12. The van der Waals surface area contributed by atoms with Crippen LogP contribution < -0.4 is 16.0 Å². The summed E-state index contributed by atoms with van der Waals surface area (Å²) in [5, 5.41) is 12.7. The zero-order valence-electron chi connectivity index (χ0n) is 18.1. The summed E-state index contributed by atoms with van der Waals surface area (Å²) >= 11 is 5.79. The summed E-state index contributed by atoms with van der Waals surface area (Å²) < 4.78 is 0. The van der Waals surface area contributed by atoms with Gasteiger partial charge in [0.1, 0.15) is 0 Å². The summed E-state index contributed by atoms with van der Waals surface area (Å²) in [6.45, 7) is 8.35. The van der Waals surface area contributed by atoms with E-state index in [0.717, 1.165) is 36.8 Å². The van der Waals surface area contributed by atoms with Crippen LogP contribution in [0.15, 0.2) is 49.2 Å². The van der Waals surface area contributed by atoms with Crippen molar-refractivity contribution in [2.75, 3.05) is 26.2 Å². The van der Waals surface area contributed by atoms with Crippen molar-refractivity contribution in [3.8, 4) is 0 Å². The smallest absolute Gasteiger partial charge is 0.166 e. The first-order chi connectivity index (χ1) is 15.2. The molecule has 0 spiro atoms. The third-order valence-electron chi connectivity index (χ3n) is 7.51. The largest absolute Gasteiger partial charge is 0.361 e. The molecule has 2 aromatic rings. The van der Waals surface area contributed by atoms with Gasteiger partial charge >= 0.3 is 0 Å². The fourth-order valence-electron chi connectivity index (χ4n) is 5.83. The van der Waals surface area contributed by atoms with Crippen molar-refractivity contribution in [1.82, 2.24) is 25.8 Å². The molecule has 1 aromatic carbocycles. The first kappa shape index (κ1) is 20.9. The molecule has 0 amide bonds. The molecule has 5 heterocycles. The molecule has 2 bridgehead atoms. The van der Waals surface area contributed by atoms with E-state index < -0.39 is 0 Å². The first-order valence-corrected chi connectivity index (χ1v) is 12.1. The number of para-hydroxylation sites is 1. The molecule has 164 valence electrons. The maximum atomic E-state index is 5.79. The third-order valence-corrected chi connectivity index (χ3v) is 7.78. The van der Waals surface area contributed by atoms with Crippen LogP contribution >= 0.6 is 12.2 Å². The lowest BCUT2D eigenvalue weighted by atomic mass is 9.73. The van der Waals surface area contributed by atoms with Gasteiger partial charge in [-0.1, -0.05) is 24.3 Å². The highest BCUT2D eigenvalue weighted by molar-refractivity contribution is 7.80. The van der Waals surface area contributed by atoms with E-state index in [-0.39, 0.29) is 6.04 Å². The van der Waals surface area contributed by atoms with Gasteiger partial charge in [0.2, 0.25) is 0 Å². The van der Waals surface area contributed by atoms with Crippen molar-refractivity contribution in [1.29, 1.82) is 0 Å². The van der Waals surface area contributed by atoms with E-state index in [0.29, 0.717) is 23.9 Å². The van der Waals surface area contributed by atoms with Crippen molar-refractivity contribution in [2.24, 2.45) is 11.8 Å². The molecule has 4 aliphatic heterocycles. The molecule has 3 N–H and O–H groups in total. The molecule has 4 saturated heterocycles. The number of nitrogens with one attached hydrogen (secondary N) is 3. The molecule has 4 fully saturated rings. The van der Waals surface area contributed by atoms with E-state index in [9.17, 15) is 0 Å². The Kier molecular flexibility index (Phi) is 6.21. The summed E-state index contributed by atoms with van der Waals surface area (Å²) in [5.74, 6) is 1.33. The van der Waals surface area contributed by atoms with Gasteiger partial charge in [0.05, 0.1) is 11.6 Å². The minimum atomic E-state index is 0.137. The van der Waals surface area contributed by atoms with Gasteiger partial charge in [-0.05, 0) is 80.5 Å². The molecule has 31 heavy (non-hydrogen) atoms. The lowest BCUT2D eigenvalue weighted by molar-refractivity contribution is 0.00430. The van der Waals surface area contributed by atoms with Gasteiger partial charge in [0.15, 0.2) is 5.11 Å². The molecule has 4 aliphatic rings. The molecule has 6 heteroatoms. The van der Waals surface area contributed by atoms with E-state index >= 15 is 0 Å². The number of thiocarbonyl (C=S) groups is 1. The standard InChI is InChI=1S/C25H33N5S/c1-2-17-16-30-13-10-18(17)14-23(30)24(29-25(31)28-15-19-6-5-11-26-19)21-9-12-27-22-8-4-3-7-20(21)22/h2-4,7-9,12,17-19,23-24,26H,1,5-6,10-11,13-16H2,(H2,28,29,31)/t17?,18?,19-,23+,24?/m1/s1. The number of benzene rings is 1. The molecular formula is C25H33N5S. The van der Waals surface area contributed by atoms with Gasteiger partial charge in [-0.15, -0.1) is 6.58 Å². The summed E-state index contributed by atoms with van der Waals surface area (Å²) in [6.07, 6.45) is 9.02. The van der Waals surface area contributed by atoms with Crippen LogP contribution in [0.5, 0.6) is 0 Å². The van der Waals surface area contributed by atoms with Gasteiger partial charge in [-0.2, -0.15) is 0 Å². The number of pyridine rings is 1. The topological polar surface area (TPSA) is 52.2 Å². The number of rotatable bonds is 6. The maximum absolute atomic E-state index is 5.79. The second-order valence-electron chi connectivity index (χ2n) is 9.29. The van der Waals surface area contributed by atoms with Crippen molar-refractivity contribution in [3.63, 3.8) is 0 Å². The Bertz CT molecular complexity index is 935. The highest BCUT2D eigenvalue weighted by Gasteiger charge is 2.43. The number of hydrogen-bond acceptors (Lipinski definition) is 4. The molecule has 0 saturated carbocycles. The zero-order valence-corrected chi connectivity index (χ0v) is 18.9. The molecule has 0 radical (unpaired) electrons. The van der Waals surface area contributed by atoms with Gasteiger partial charge in [0, 0.05) is 36.8 Å². The molecule has 4 unspecified atom stereocenters. The van der Waals surface area contributed by atoms with Crippen molar-refractivity contribution in [2.45, 2.75) is 43.8 Å². The molecule has 6 atom stereocenters. The van der Waals surface area contributed by atoms with Crippen LogP contribution in [-0.4, -0.2) is 53.3 Å². The predicted octanol–water partition coefficient (Wildman–Crippen LogP) is 3.39. The Morgan fingerprint density at radius 1 is 1.32 bits per heavy atom. The fraction of sp³-hybridized carbons (Fsp3) is 0.520. The molecular weight excluding hydrogens is 402 g/mol. The Morgan fingerprint density at radius 2 is 2.23 bits per heavy atom. The third kappa shape index (κ3) is 4.34. The zero-order chi connectivity index (χ0) is 21.2. The quantitative estimate of drug-likeness (QED) is 0.478. The molecule has 1 aromatic heterocycles. The van der Waals surface area contributed by atoms with E-state index in [1.165, 1.54) is 36.6 Å². The van der Waals surface area contributed by atoms with Gasteiger partial charge in [-0.25, -0.2) is 0 Å². The molecule has 6 rings (SSSR count). The van der Waals surface area contributed by atoms with Crippen LogP contribution in [0.3, 0.4) is 0 Å². The Balaban J connectivity index is 1.41. The van der Waals surface area contributed by atoms with Crippen LogP contribution in [0.4, 0.5) is 0 Å². The van der Waals surface area contributed by atoms with E-state index in [2.05, 4.69) is 68.8 Å². The average molecular weight is 436 g/mol. The maximum Gasteiger partial charge on any atom is 0.166 e. The van der Waals surface area contributed by atoms with Crippen LogP contribution in [0.2, 0.25) is 0 Å². The number of fused-ring (bicyclic) bond motifs is 4. The summed E-state index contributed by atoms with van der Waals surface area (Å²) in [6, 6.07) is 11.7. The Morgan fingerprint density at radius 3 is 3.00 bits per heavy atom. The Labute approximate surface area is 190 Å². The van der Waals surface area contributed by atoms with Crippen LogP contribution in [0.1, 0.15) is 37.3 Å². The summed E-state index contributed by atoms with van der Waals surface area (Å²) in [4.78, 5) is 7.25. The van der Waals surface area contributed by atoms with E-state index in [1.54, 1.807) is 0 Å². The molecule has 0 aliphatic carbocycles. The van der Waals surface area contributed by atoms with Gasteiger partial charge < -0.3 is 16.0 Å². The highest BCUT2D eigenvalue weighted by atomic mass is 32.1. The Hall–Kier alpha value is -2.02. The van der Waals surface area contributed by atoms with Crippen LogP contribution in [-0.2, 0) is 0 Å². The fourth-order valence-corrected chi connectivity index (χ4v) is 6.04. The normalized spacial score (nSPS) is 30.8. The minimum absolute atomic E-state index is 0.137. The summed E-state index contributed by atoms with van der Waals surface area (Å²) in [5.41, 5.74) is 2.34. The van der Waals surface area contributed by atoms with E-state index in [4.69, 9.17) is 12.2 Å². The summed E-state index contributed by atoms with van der Waals surface area (Å²) in [7, 11) is 0. The van der Waals surface area contributed by atoms with Gasteiger partial charge in [-0.3, -0.25) is 9.88 Å². The number of piperidine rings is 3. The van der Waals surface area contributed by atoms with Crippen LogP contribution in [0.25, 0.3) is 10.9 Å². The van der Waals surface area contributed by atoms with Crippen LogP contribution in [0, 0.1) is 11.8 Å². The van der Waals surface area contributed by atoms with E-state index in [1.807, 2.05) is 6.20 Å². The highest BCUT2D eigenvalue weighted by Crippen LogP contribution is 2.42.